The van der Waals surface area contributed by atoms with E-state index in [-0.39, 0.29) is 12.5 Å². The van der Waals surface area contributed by atoms with Crippen molar-refractivity contribution in [2.75, 3.05) is 19.6 Å². The van der Waals surface area contributed by atoms with Crippen LogP contribution in [0.4, 0.5) is 13.2 Å². The highest BCUT2D eigenvalue weighted by Crippen LogP contribution is 2.43. The van der Waals surface area contributed by atoms with Crippen LogP contribution in [-0.4, -0.2) is 52.6 Å². The van der Waals surface area contributed by atoms with Gasteiger partial charge in [-0.25, -0.2) is 0 Å². The second-order valence-corrected chi connectivity index (χ2v) is 8.52. The number of likely N-dealkylation sites (tertiary alicyclic amines) is 1. The number of carboxylic acid groups (broad SMARTS) is 1. The number of piperidine rings is 3. The lowest BCUT2D eigenvalue weighted by atomic mass is 9.69. The molecule has 0 unspecified atom stereocenters. The number of nitrogens with zero attached hydrogens (tertiary/aromatic N) is 2. The second-order valence-electron chi connectivity index (χ2n) is 8.52. The van der Waals surface area contributed by atoms with Crippen molar-refractivity contribution >= 4 is 5.97 Å². The zero-order valence-corrected chi connectivity index (χ0v) is 15.9. The fourth-order valence-electron chi connectivity index (χ4n) is 5.76. The Morgan fingerprint density at radius 1 is 1.11 bits per heavy atom. The molecule has 7 heteroatoms. The Kier molecular flexibility index (Phi) is 5.40. The van der Waals surface area contributed by atoms with Gasteiger partial charge in [-0.2, -0.15) is 13.2 Å². The summed E-state index contributed by atoms with van der Waals surface area (Å²) in [6.45, 7) is 3.55. The van der Waals surface area contributed by atoms with Crippen LogP contribution in [0.1, 0.15) is 43.2 Å². The molecule has 4 atom stereocenters. The molecule has 1 aromatic carbocycles. The summed E-state index contributed by atoms with van der Waals surface area (Å²) in [4.78, 5) is 16.4. The molecule has 1 N–H and O–H groups in total. The first-order valence-corrected chi connectivity index (χ1v) is 10.2. The number of rotatable bonds is 4. The fourth-order valence-corrected chi connectivity index (χ4v) is 5.76. The van der Waals surface area contributed by atoms with Crippen LogP contribution < -0.4 is 0 Å². The van der Waals surface area contributed by atoms with Crippen molar-refractivity contribution in [2.24, 2.45) is 11.8 Å². The van der Waals surface area contributed by atoms with E-state index in [1.165, 1.54) is 18.6 Å². The maximum absolute atomic E-state index is 12.8. The molecule has 0 aliphatic carbocycles. The molecule has 1 aromatic rings. The Morgan fingerprint density at radius 2 is 1.79 bits per heavy atom. The zero-order valence-electron chi connectivity index (χ0n) is 15.9. The van der Waals surface area contributed by atoms with Gasteiger partial charge in [0.1, 0.15) is 0 Å². The average molecular weight is 396 g/mol. The zero-order chi connectivity index (χ0) is 19.9. The molecule has 3 aliphatic rings. The Labute approximate surface area is 163 Å². The number of carbonyl (C=O) groups is 1. The number of halogens is 3. The van der Waals surface area contributed by atoms with E-state index >= 15 is 0 Å². The Bertz CT molecular complexity index is 705. The molecule has 4 rings (SSSR count). The van der Waals surface area contributed by atoms with Gasteiger partial charge in [0.05, 0.1) is 12.0 Å². The lowest BCUT2D eigenvalue weighted by Crippen LogP contribution is -2.64. The van der Waals surface area contributed by atoms with Crippen molar-refractivity contribution in [3.63, 3.8) is 0 Å². The molecule has 3 saturated heterocycles. The van der Waals surface area contributed by atoms with Gasteiger partial charge in [-0.1, -0.05) is 12.1 Å². The highest BCUT2D eigenvalue weighted by Gasteiger charge is 2.48. The smallest absolute Gasteiger partial charge is 0.416 e. The molecule has 0 aromatic heterocycles. The van der Waals surface area contributed by atoms with Crippen molar-refractivity contribution in [1.82, 2.24) is 9.80 Å². The van der Waals surface area contributed by atoms with Crippen molar-refractivity contribution in [2.45, 2.75) is 56.9 Å². The molecule has 28 heavy (non-hydrogen) atoms. The van der Waals surface area contributed by atoms with Crippen LogP contribution >= 0.6 is 0 Å². The molecule has 154 valence electrons. The van der Waals surface area contributed by atoms with Gasteiger partial charge in [-0.3, -0.25) is 14.6 Å². The Hall–Kier alpha value is -1.60. The van der Waals surface area contributed by atoms with Gasteiger partial charge in [-0.15, -0.1) is 0 Å². The number of hydrogen-bond donors (Lipinski definition) is 1. The summed E-state index contributed by atoms with van der Waals surface area (Å²) in [5.41, 5.74) is 0.164. The normalized spacial score (nSPS) is 31.4. The number of carboxylic acids is 1. The molecular weight excluding hydrogens is 369 g/mol. The molecule has 0 spiro atoms. The van der Waals surface area contributed by atoms with Crippen molar-refractivity contribution in [3.05, 3.63) is 35.4 Å². The van der Waals surface area contributed by atoms with Crippen LogP contribution in [0.15, 0.2) is 24.3 Å². The van der Waals surface area contributed by atoms with Crippen molar-refractivity contribution in [3.8, 4) is 0 Å². The topological polar surface area (TPSA) is 43.8 Å². The third-order valence-electron chi connectivity index (χ3n) is 6.83. The van der Waals surface area contributed by atoms with Crippen LogP contribution in [0.5, 0.6) is 0 Å². The first kappa shape index (κ1) is 19.7. The SMILES string of the molecule is O=C(O)C[C@@H]1[C@H]2CCCN3CCC[C@@H](CN1Cc1ccc(C(F)(F)F)cc1)[C@@H]23. The fraction of sp³-hybridized carbons (Fsp3) is 0.667. The van der Waals surface area contributed by atoms with Gasteiger partial charge in [0.25, 0.3) is 0 Å². The lowest BCUT2D eigenvalue weighted by molar-refractivity contribution is -0.143. The third kappa shape index (κ3) is 3.92. The summed E-state index contributed by atoms with van der Waals surface area (Å²) in [6.07, 6.45) is 0.225. The molecule has 0 saturated carbocycles. The molecule has 0 amide bonds. The maximum atomic E-state index is 12.8. The minimum Gasteiger partial charge on any atom is -0.481 e. The lowest BCUT2D eigenvalue weighted by Gasteiger charge is -2.57. The Balaban J connectivity index is 1.56. The number of alkyl halides is 3. The summed E-state index contributed by atoms with van der Waals surface area (Å²) in [6, 6.07) is 5.72. The standard InChI is InChI=1S/C21H27F3N2O2/c22-21(23,24)16-7-5-14(6-8-16)12-26-13-15-3-1-9-25-10-2-4-17(20(15)25)18(26)11-19(27)28/h5-8,15,17-18,20H,1-4,9-13H2,(H,27,28)/t15-,17+,18+,20-/m0/s1. The van der Waals surface area contributed by atoms with E-state index in [1.807, 2.05) is 0 Å². The van der Waals surface area contributed by atoms with E-state index in [9.17, 15) is 23.1 Å². The average Bonchev–Trinajstić information content (AvgIpc) is 2.64. The first-order valence-electron chi connectivity index (χ1n) is 10.2. The first-order chi connectivity index (χ1) is 13.3. The molecule has 0 bridgehead atoms. The number of hydrogen-bond acceptors (Lipinski definition) is 3. The summed E-state index contributed by atoms with van der Waals surface area (Å²) in [5, 5.41) is 9.50. The van der Waals surface area contributed by atoms with Crippen molar-refractivity contribution in [1.29, 1.82) is 0 Å². The minimum atomic E-state index is -4.34. The van der Waals surface area contributed by atoms with E-state index < -0.39 is 17.7 Å². The molecule has 3 heterocycles. The van der Waals surface area contributed by atoms with Crippen LogP contribution in [0.25, 0.3) is 0 Å². The molecular formula is C21H27F3N2O2. The van der Waals surface area contributed by atoms with E-state index in [2.05, 4.69) is 9.80 Å². The Morgan fingerprint density at radius 3 is 2.43 bits per heavy atom. The largest absolute Gasteiger partial charge is 0.481 e. The molecule has 4 nitrogen and oxygen atoms in total. The highest BCUT2D eigenvalue weighted by molar-refractivity contribution is 5.67. The summed E-state index contributed by atoms with van der Waals surface area (Å²) >= 11 is 0. The summed E-state index contributed by atoms with van der Waals surface area (Å²) in [5.74, 6) is 0.0608. The van der Waals surface area contributed by atoms with E-state index in [0.717, 1.165) is 56.6 Å². The van der Waals surface area contributed by atoms with Gasteiger partial charge >= 0.3 is 12.1 Å². The quantitative estimate of drug-likeness (QED) is 0.840. The molecule has 0 radical (unpaired) electrons. The van der Waals surface area contributed by atoms with Gasteiger partial charge in [-0.05, 0) is 68.3 Å². The highest BCUT2D eigenvalue weighted by atomic mass is 19.4. The minimum absolute atomic E-state index is 0.0538. The van der Waals surface area contributed by atoms with Gasteiger partial charge in [0.15, 0.2) is 0 Å². The number of aliphatic carboxylic acids is 1. The predicted molar refractivity (Wildman–Crippen MR) is 98.7 cm³/mol. The van der Waals surface area contributed by atoms with Crippen LogP contribution in [0.3, 0.4) is 0 Å². The monoisotopic (exact) mass is 396 g/mol. The van der Waals surface area contributed by atoms with E-state index in [1.54, 1.807) is 0 Å². The second kappa shape index (κ2) is 7.67. The van der Waals surface area contributed by atoms with Gasteiger partial charge < -0.3 is 5.11 Å². The van der Waals surface area contributed by atoms with Crippen LogP contribution in [0.2, 0.25) is 0 Å². The number of benzene rings is 1. The van der Waals surface area contributed by atoms with Gasteiger partial charge in [0.2, 0.25) is 0 Å². The maximum Gasteiger partial charge on any atom is 0.416 e. The predicted octanol–water partition coefficient (Wildman–Crippen LogP) is 3.85. The molecule has 3 fully saturated rings. The summed E-state index contributed by atoms with van der Waals surface area (Å²) < 4.78 is 38.5. The van der Waals surface area contributed by atoms with E-state index in [0.29, 0.717) is 24.4 Å². The van der Waals surface area contributed by atoms with Crippen molar-refractivity contribution < 1.29 is 23.1 Å². The van der Waals surface area contributed by atoms with E-state index in [4.69, 9.17) is 0 Å². The summed E-state index contributed by atoms with van der Waals surface area (Å²) in [7, 11) is 0. The van der Waals surface area contributed by atoms with Crippen LogP contribution in [0, 0.1) is 11.8 Å². The third-order valence-corrected chi connectivity index (χ3v) is 6.83. The van der Waals surface area contributed by atoms with Gasteiger partial charge in [0, 0.05) is 25.2 Å². The van der Waals surface area contributed by atoms with Crippen LogP contribution in [-0.2, 0) is 17.5 Å². The molecule has 3 aliphatic heterocycles.